The summed E-state index contributed by atoms with van der Waals surface area (Å²) in [5.41, 5.74) is 5.94. The van der Waals surface area contributed by atoms with E-state index in [1.807, 2.05) is 0 Å². The van der Waals surface area contributed by atoms with Crippen LogP contribution in [0.15, 0.2) is 29.2 Å². The Morgan fingerprint density at radius 1 is 0.947 bits per heavy atom. The van der Waals surface area contributed by atoms with E-state index in [2.05, 4.69) is 0 Å². The van der Waals surface area contributed by atoms with E-state index in [-0.39, 0.29) is 10.6 Å². The maximum Gasteiger partial charge on any atom is 0.179 e. The molecule has 0 radical (unpaired) electrons. The summed E-state index contributed by atoms with van der Waals surface area (Å²) in [6.07, 6.45) is 0. The minimum Gasteiger partial charge on any atom is -0.399 e. The predicted molar refractivity (Wildman–Crippen MR) is 76.4 cm³/mol. The van der Waals surface area contributed by atoms with Crippen molar-refractivity contribution in [2.75, 3.05) is 17.2 Å². The van der Waals surface area contributed by atoms with Gasteiger partial charge in [0.25, 0.3) is 0 Å². The van der Waals surface area contributed by atoms with Gasteiger partial charge in [0.2, 0.25) is 0 Å². The molecule has 0 spiro atoms. The highest BCUT2D eigenvalue weighted by molar-refractivity contribution is 7.95. The lowest BCUT2D eigenvalue weighted by molar-refractivity contribution is 0.559. The number of benzene rings is 1. The Hall–Kier alpha value is -1.08. The number of hydrogen-bond donors (Lipinski definition) is 1. The van der Waals surface area contributed by atoms with Crippen LogP contribution in [0.3, 0.4) is 0 Å². The topological polar surface area (TPSA) is 94.3 Å². The van der Waals surface area contributed by atoms with Crippen molar-refractivity contribution in [3.63, 3.8) is 0 Å². The summed E-state index contributed by atoms with van der Waals surface area (Å²) in [4.78, 5) is 0.0887. The molecule has 0 saturated heterocycles. The molecule has 0 saturated carbocycles. The molecule has 0 aliphatic rings. The summed E-state index contributed by atoms with van der Waals surface area (Å²) in [6, 6.07) is 5.72. The van der Waals surface area contributed by atoms with Gasteiger partial charge in [-0.15, -0.1) is 0 Å². The van der Waals surface area contributed by atoms with Gasteiger partial charge in [-0.2, -0.15) is 0 Å². The van der Waals surface area contributed by atoms with E-state index in [0.29, 0.717) is 5.69 Å². The third kappa shape index (κ3) is 3.94. The fraction of sp³-hybridized carbons (Fsp3) is 0.500. The van der Waals surface area contributed by atoms with Crippen molar-refractivity contribution < 1.29 is 16.8 Å². The fourth-order valence-corrected chi connectivity index (χ4v) is 4.47. The summed E-state index contributed by atoms with van der Waals surface area (Å²) in [5, 5.41) is 0. The average molecular weight is 305 g/mol. The van der Waals surface area contributed by atoms with Gasteiger partial charge in [0.1, 0.15) is 0 Å². The second kappa shape index (κ2) is 5.13. The molecule has 0 heterocycles. The Morgan fingerprint density at radius 3 is 1.84 bits per heavy atom. The summed E-state index contributed by atoms with van der Waals surface area (Å²) >= 11 is 0. The minimum atomic E-state index is -3.61. The Kier molecular flexibility index (Phi) is 4.31. The molecule has 7 heteroatoms. The van der Waals surface area contributed by atoms with Gasteiger partial charge < -0.3 is 5.73 Å². The van der Waals surface area contributed by atoms with Crippen LogP contribution in [-0.2, 0) is 19.7 Å². The predicted octanol–water partition coefficient (Wildman–Crippen LogP) is 1.26. The first-order valence-corrected chi connectivity index (χ1v) is 9.07. The van der Waals surface area contributed by atoms with Crippen LogP contribution >= 0.6 is 0 Å². The Morgan fingerprint density at radius 2 is 1.42 bits per heavy atom. The van der Waals surface area contributed by atoms with E-state index >= 15 is 0 Å². The molecule has 0 fully saturated rings. The van der Waals surface area contributed by atoms with Crippen LogP contribution in [0.2, 0.25) is 0 Å². The van der Waals surface area contributed by atoms with Crippen molar-refractivity contribution in [2.45, 2.75) is 30.4 Å². The molecule has 1 aromatic rings. The van der Waals surface area contributed by atoms with Crippen LogP contribution in [0, 0.1) is 0 Å². The summed E-state index contributed by atoms with van der Waals surface area (Å²) in [6.45, 7) is 4.66. The maximum atomic E-state index is 12.0. The van der Waals surface area contributed by atoms with Gasteiger partial charge in [0.05, 0.1) is 21.1 Å². The summed E-state index contributed by atoms with van der Waals surface area (Å²) < 4.78 is 46.9. The van der Waals surface area contributed by atoms with Gasteiger partial charge >= 0.3 is 0 Å². The zero-order chi connectivity index (χ0) is 14.9. The van der Waals surface area contributed by atoms with Gasteiger partial charge in [-0.25, -0.2) is 16.8 Å². The molecule has 1 rings (SSSR count). The molecule has 0 bridgehead atoms. The van der Waals surface area contributed by atoms with Gasteiger partial charge in [-0.3, -0.25) is 0 Å². The minimum absolute atomic E-state index is 0.0887. The summed E-state index contributed by atoms with van der Waals surface area (Å²) in [5.74, 6) is -0.806. The number of nitrogen functional groups attached to an aromatic ring is 1. The molecule has 2 N–H and O–H groups in total. The smallest absolute Gasteiger partial charge is 0.179 e. The van der Waals surface area contributed by atoms with E-state index in [1.54, 1.807) is 20.8 Å². The van der Waals surface area contributed by atoms with E-state index < -0.39 is 30.2 Å². The monoisotopic (exact) mass is 305 g/mol. The number of rotatable bonds is 4. The molecule has 108 valence electrons. The highest BCUT2D eigenvalue weighted by atomic mass is 32.2. The van der Waals surface area contributed by atoms with E-state index in [9.17, 15) is 16.8 Å². The first-order valence-electron chi connectivity index (χ1n) is 5.76. The van der Waals surface area contributed by atoms with E-state index in [0.717, 1.165) is 0 Å². The van der Waals surface area contributed by atoms with Crippen LogP contribution < -0.4 is 5.73 Å². The largest absolute Gasteiger partial charge is 0.399 e. The number of anilines is 1. The summed E-state index contributed by atoms with van der Waals surface area (Å²) in [7, 11) is -7.06. The fourth-order valence-electron chi connectivity index (χ4n) is 1.32. The molecule has 0 atom stereocenters. The van der Waals surface area contributed by atoms with Crippen LogP contribution in [0.5, 0.6) is 0 Å². The quantitative estimate of drug-likeness (QED) is 0.845. The van der Waals surface area contributed by atoms with Gasteiger partial charge in [-0.05, 0) is 45.0 Å². The lowest BCUT2D eigenvalue weighted by Crippen LogP contribution is -2.33. The lowest BCUT2D eigenvalue weighted by atomic mass is 10.3. The highest BCUT2D eigenvalue weighted by Gasteiger charge is 2.30. The molecular weight excluding hydrogens is 286 g/mol. The Balaban J connectivity index is 2.92. The van der Waals surface area contributed by atoms with Crippen LogP contribution in [-0.4, -0.2) is 33.1 Å². The molecule has 1 aromatic carbocycles. The van der Waals surface area contributed by atoms with E-state index in [1.165, 1.54) is 24.3 Å². The normalized spacial score (nSPS) is 13.4. The SMILES string of the molecule is CC(C)(C)S(=O)(=O)CCS(=O)(=O)c1ccc(N)cc1. The zero-order valence-electron chi connectivity index (χ0n) is 11.3. The van der Waals surface area contributed by atoms with Crippen molar-refractivity contribution in [3.8, 4) is 0 Å². The first kappa shape index (κ1) is 16.0. The van der Waals surface area contributed by atoms with E-state index in [4.69, 9.17) is 5.73 Å². The van der Waals surface area contributed by atoms with Crippen molar-refractivity contribution in [1.29, 1.82) is 0 Å². The molecule has 0 aliphatic carbocycles. The second-order valence-electron chi connectivity index (χ2n) is 5.32. The number of nitrogens with two attached hydrogens (primary N) is 1. The molecule has 5 nitrogen and oxygen atoms in total. The van der Waals surface area contributed by atoms with Gasteiger partial charge in [-0.1, -0.05) is 0 Å². The van der Waals surface area contributed by atoms with Crippen LogP contribution in [0.1, 0.15) is 20.8 Å². The molecule has 0 amide bonds. The van der Waals surface area contributed by atoms with Crippen molar-refractivity contribution in [1.82, 2.24) is 0 Å². The molecule has 0 unspecified atom stereocenters. The van der Waals surface area contributed by atoms with Gasteiger partial charge in [0.15, 0.2) is 19.7 Å². The van der Waals surface area contributed by atoms with Crippen LogP contribution in [0.4, 0.5) is 5.69 Å². The zero-order valence-corrected chi connectivity index (χ0v) is 12.9. The Labute approximate surface area is 114 Å². The molecule has 0 aromatic heterocycles. The van der Waals surface area contributed by atoms with Gasteiger partial charge in [0, 0.05) is 5.69 Å². The molecular formula is C12H19NO4S2. The van der Waals surface area contributed by atoms with Crippen molar-refractivity contribution in [3.05, 3.63) is 24.3 Å². The maximum absolute atomic E-state index is 12.0. The first-order chi connectivity index (χ1) is 8.46. The number of hydrogen-bond acceptors (Lipinski definition) is 5. The average Bonchev–Trinajstić information content (AvgIpc) is 2.26. The molecule has 19 heavy (non-hydrogen) atoms. The van der Waals surface area contributed by atoms with Crippen molar-refractivity contribution in [2.24, 2.45) is 0 Å². The molecule has 0 aliphatic heterocycles. The standard InChI is InChI=1S/C12H19NO4S2/c1-12(2,3)19(16,17)9-8-18(14,15)11-6-4-10(13)5-7-11/h4-7H,8-9,13H2,1-3H3. The van der Waals surface area contributed by atoms with Crippen LogP contribution in [0.25, 0.3) is 0 Å². The number of sulfone groups is 2. The third-order valence-electron chi connectivity index (χ3n) is 2.79. The lowest BCUT2D eigenvalue weighted by Gasteiger charge is -2.18. The van der Waals surface area contributed by atoms with Crippen molar-refractivity contribution >= 4 is 25.4 Å². The Bertz CT molecular complexity index is 638. The highest BCUT2D eigenvalue weighted by Crippen LogP contribution is 2.19. The third-order valence-corrected chi connectivity index (χ3v) is 7.39. The second-order valence-corrected chi connectivity index (χ2v) is 10.3.